The molecule has 0 saturated heterocycles. The van der Waals surface area contributed by atoms with E-state index in [0.29, 0.717) is 30.0 Å². The number of hydrogen-bond acceptors (Lipinski definition) is 11. The lowest BCUT2D eigenvalue weighted by molar-refractivity contribution is -0.154. The Hall–Kier alpha value is -5.78. The molecule has 15 nitrogen and oxygen atoms in total. The van der Waals surface area contributed by atoms with Gasteiger partial charge < -0.3 is 31.1 Å². The van der Waals surface area contributed by atoms with Crippen molar-refractivity contribution in [3.8, 4) is 6.01 Å². The number of ether oxygens (including phenoxy) is 1. The number of rotatable bonds is 17. The van der Waals surface area contributed by atoms with Gasteiger partial charge in [-0.2, -0.15) is 33.2 Å². The van der Waals surface area contributed by atoms with Crippen molar-refractivity contribution in [3.05, 3.63) is 82.6 Å². The number of ketones is 1. The third-order valence-corrected chi connectivity index (χ3v) is 8.11. The van der Waals surface area contributed by atoms with Crippen LogP contribution in [0.2, 0.25) is 5.02 Å². The van der Waals surface area contributed by atoms with E-state index in [4.69, 9.17) is 16.3 Å². The van der Waals surface area contributed by atoms with Crippen LogP contribution in [-0.4, -0.2) is 78.8 Å². The van der Waals surface area contributed by atoms with E-state index in [-0.39, 0.29) is 30.4 Å². The number of Topliss-reactive ketones (excluding diaryl/α,β-unsaturated/α-hetero) is 1. The minimum Gasteiger partial charge on any atom is -0.480 e. The average molecular weight is 744 g/mol. The summed E-state index contributed by atoms with van der Waals surface area (Å²) in [5.74, 6) is -4.06. The summed E-state index contributed by atoms with van der Waals surface area (Å²) in [6.45, 7) is -1.45. The number of carbonyl (C=O) groups is 4. The molecule has 0 bridgehead atoms. The van der Waals surface area contributed by atoms with Gasteiger partial charge in [0.1, 0.15) is 6.04 Å². The van der Waals surface area contributed by atoms with Gasteiger partial charge in [-0.1, -0.05) is 23.7 Å². The van der Waals surface area contributed by atoms with Crippen LogP contribution in [0.4, 0.5) is 30.8 Å². The van der Waals surface area contributed by atoms with Gasteiger partial charge in [-0.15, -0.1) is 0 Å². The third kappa shape index (κ3) is 10.6. The maximum absolute atomic E-state index is 12.9. The second kappa shape index (κ2) is 16.1. The van der Waals surface area contributed by atoms with Gasteiger partial charge in [0, 0.05) is 42.5 Å². The number of aliphatic carboxylic acids is 1. The van der Waals surface area contributed by atoms with Crippen LogP contribution in [0.5, 0.6) is 6.01 Å². The third-order valence-electron chi connectivity index (χ3n) is 7.86. The van der Waals surface area contributed by atoms with E-state index in [0.717, 1.165) is 11.1 Å². The van der Waals surface area contributed by atoms with Crippen LogP contribution in [0.25, 0.3) is 0 Å². The van der Waals surface area contributed by atoms with Crippen molar-refractivity contribution in [2.24, 2.45) is 7.05 Å². The molecule has 1 fully saturated rings. The topological polar surface area (TPSA) is 202 Å². The minimum absolute atomic E-state index is 0.0430. The zero-order valence-corrected chi connectivity index (χ0v) is 28.3. The lowest BCUT2D eigenvalue weighted by Crippen LogP contribution is -2.42. The smallest absolute Gasteiger partial charge is 0.422 e. The first kappa shape index (κ1) is 37.5. The number of aromatic nitrogens is 5. The Morgan fingerprint density at radius 3 is 2.33 bits per heavy atom. The number of carbonyl (C=O) groups excluding carboxylic acids is 3. The largest absolute Gasteiger partial charge is 0.480 e. The van der Waals surface area contributed by atoms with E-state index in [1.807, 2.05) is 12.1 Å². The van der Waals surface area contributed by atoms with Crippen molar-refractivity contribution >= 4 is 52.8 Å². The first-order valence-corrected chi connectivity index (χ1v) is 16.2. The molecule has 1 saturated carbocycles. The van der Waals surface area contributed by atoms with Crippen molar-refractivity contribution < 1.29 is 42.2 Å². The van der Waals surface area contributed by atoms with E-state index in [1.165, 1.54) is 24.3 Å². The predicted octanol–water partition coefficient (Wildman–Crippen LogP) is 3.94. The number of amides is 2. The summed E-state index contributed by atoms with van der Waals surface area (Å²) < 4.78 is 45.2. The van der Waals surface area contributed by atoms with Gasteiger partial charge in [-0.05, 0) is 73.2 Å². The Bertz CT molecular complexity index is 1920. The molecule has 52 heavy (non-hydrogen) atoms. The number of nitrogens with one attached hydrogen (secondary N) is 4. The molecule has 5 rings (SSSR count). The lowest BCUT2D eigenvalue weighted by Gasteiger charge is -2.19. The SMILES string of the molecule is Cn1cc(CCNC(=O)C(=O)CC[C@@H](NC(=O)c2ccc(Nc3nc(NC4(c5ccc(Cl)cc5)CC4)nc(OCC(F)(F)F)n3)cc2)C(=O)O)cn1. The molecular formula is C33H33ClF3N9O6. The molecule has 0 aliphatic heterocycles. The second-order valence-electron chi connectivity index (χ2n) is 11.9. The number of benzene rings is 2. The number of aryl methyl sites for hydroxylation is 1. The quantitative estimate of drug-likeness (QED) is 0.0977. The Kier molecular flexibility index (Phi) is 11.6. The Morgan fingerprint density at radius 2 is 1.71 bits per heavy atom. The zero-order valence-electron chi connectivity index (χ0n) is 27.5. The number of nitrogens with zero attached hydrogens (tertiary/aromatic N) is 5. The van der Waals surface area contributed by atoms with Crippen molar-refractivity contribution in [1.29, 1.82) is 0 Å². The van der Waals surface area contributed by atoms with Crippen LogP contribution in [0, 0.1) is 0 Å². The van der Waals surface area contributed by atoms with E-state index in [9.17, 15) is 37.5 Å². The highest BCUT2D eigenvalue weighted by atomic mass is 35.5. The zero-order chi connectivity index (χ0) is 37.5. The van der Waals surface area contributed by atoms with Crippen LogP contribution in [0.1, 0.15) is 47.2 Å². The number of carboxylic acid groups (broad SMARTS) is 1. The molecule has 2 heterocycles. The summed E-state index contributed by atoms with van der Waals surface area (Å²) in [7, 11) is 1.75. The first-order chi connectivity index (χ1) is 24.7. The highest BCUT2D eigenvalue weighted by molar-refractivity contribution is 6.36. The maximum Gasteiger partial charge on any atom is 0.422 e. The van der Waals surface area contributed by atoms with Crippen molar-refractivity contribution in [2.75, 3.05) is 23.8 Å². The second-order valence-corrected chi connectivity index (χ2v) is 12.4. The van der Waals surface area contributed by atoms with Crippen molar-refractivity contribution in [2.45, 2.75) is 49.9 Å². The summed E-state index contributed by atoms with van der Waals surface area (Å²) in [5.41, 5.74) is 1.56. The van der Waals surface area contributed by atoms with E-state index in [2.05, 4.69) is 41.3 Å². The molecule has 0 spiro atoms. The van der Waals surface area contributed by atoms with Crippen LogP contribution >= 0.6 is 11.6 Å². The van der Waals surface area contributed by atoms with Crippen LogP contribution in [-0.2, 0) is 33.4 Å². The Labute approximate surface area is 299 Å². The van der Waals surface area contributed by atoms with Gasteiger partial charge in [0.15, 0.2) is 6.61 Å². The molecule has 5 N–H and O–H groups in total. The number of alkyl halides is 3. The highest BCUT2D eigenvalue weighted by Gasteiger charge is 2.45. The van der Waals surface area contributed by atoms with Crippen LogP contribution in [0.3, 0.4) is 0 Å². The van der Waals surface area contributed by atoms with Gasteiger partial charge in [-0.25, -0.2) is 4.79 Å². The predicted molar refractivity (Wildman–Crippen MR) is 180 cm³/mol. The fraction of sp³-hybridized carbons (Fsp3) is 0.333. The van der Waals surface area contributed by atoms with Crippen LogP contribution < -0.4 is 26.0 Å². The van der Waals surface area contributed by atoms with Gasteiger partial charge in [0.05, 0.1) is 11.7 Å². The van der Waals surface area contributed by atoms with Gasteiger partial charge in [0.25, 0.3) is 11.8 Å². The maximum atomic E-state index is 12.9. The van der Waals surface area contributed by atoms with Crippen molar-refractivity contribution in [1.82, 2.24) is 35.4 Å². The molecule has 19 heteroatoms. The van der Waals surface area contributed by atoms with Gasteiger partial charge in [-0.3, -0.25) is 19.1 Å². The molecule has 2 amide bonds. The van der Waals surface area contributed by atoms with Crippen molar-refractivity contribution in [3.63, 3.8) is 0 Å². The molecule has 0 unspecified atom stereocenters. The number of carboxylic acids is 1. The average Bonchev–Trinajstić information content (AvgIpc) is 3.75. The number of halogens is 4. The van der Waals surface area contributed by atoms with Crippen LogP contribution in [0.15, 0.2) is 60.9 Å². The van der Waals surface area contributed by atoms with E-state index < -0.39 is 60.4 Å². The highest BCUT2D eigenvalue weighted by Crippen LogP contribution is 2.48. The van der Waals surface area contributed by atoms with Gasteiger partial charge >= 0.3 is 18.2 Å². The van der Waals surface area contributed by atoms with E-state index >= 15 is 0 Å². The lowest BCUT2D eigenvalue weighted by atomic mass is 10.1. The molecule has 2 aromatic heterocycles. The molecule has 274 valence electrons. The summed E-state index contributed by atoms with van der Waals surface area (Å²) >= 11 is 6.01. The molecule has 2 aromatic carbocycles. The summed E-state index contributed by atoms with van der Waals surface area (Å²) in [4.78, 5) is 61.5. The molecule has 4 aromatic rings. The summed E-state index contributed by atoms with van der Waals surface area (Å²) in [6.07, 6.45) is -0.139. The van der Waals surface area contributed by atoms with E-state index in [1.54, 1.807) is 36.3 Å². The fourth-order valence-electron chi connectivity index (χ4n) is 5.01. The minimum atomic E-state index is -4.64. The number of hydrogen-bond donors (Lipinski definition) is 5. The Balaban J connectivity index is 1.19. The normalized spacial score (nSPS) is 13.8. The molecule has 1 aliphatic carbocycles. The summed E-state index contributed by atoms with van der Waals surface area (Å²) in [6, 6.07) is 10.6. The first-order valence-electron chi connectivity index (χ1n) is 15.9. The molecule has 1 atom stereocenters. The molecular weight excluding hydrogens is 711 g/mol. The fourth-order valence-corrected chi connectivity index (χ4v) is 5.14. The standard InChI is InChI=1S/C33H33ClF3N9O6/c1-46-17-19(16-39-46)12-15-38-27(49)25(47)11-10-24(28(50)51)41-26(48)20-2-8-23(9-3-20)40-29-42-30(44-31(43-29)52-18-33(35,36)37)45-32(13-14-32)21-4-6-22(34)7-5-21/h2-9,16-17,24H,10-15,18H2,1H3,(H,38,49)(H,41,48)(H,50,51)(H2,40,42,43,44,45)/t24-/m1/s1. The van der Waals surface area contributed by atoms with Gasteiger partial charge in [0.2, 0.25) is 17.7 Å². The summed E-state index contributed by atoms with van der Waals surface area (Å²) in [5, 5.41) is 25.0. The molecule has 1 aliphatic rings. The monoisotopic (exact) mass is 743 g/mol. The Morgan fingerprint density at radius 1 is 1.02 bits per heavy atom. The number of anilines is 3. The molecule has 0 radical (unpaired) electrons.